The third-order valence-corrected chi connectivity index (χ3v) is 6.66. The number of ether oxygens (including phenoxy) is 1. The van der Waals surface area contributed by atoms with Gasteiger partial charge in [0, 0.05) is 18.7 Å². The van der Waals surface area contributed by atoms with E-state index in [0.29, 0.717) is 24.3 Å². The zero-order chi connectivity index (χ0) is 23.1. The molecular formula is C26H24N2O5. The van der Waals surface area contributed by atoms with Gasteiger partial charge >= 0.3 is 5.97 Å². The second-order valence-corrected chi connectivity index (χ2v) is 8.87. The van der Waals surface area contributed by atoms with Crippen molar-refractivity contribution in [3.63, 3.8) is 0 Å². The highest BCUT2D eigenvalue weighted by Gasteiger charge is 2.48. The first-order valence-electron chi connectivity index (χ1n) is 11.1. The number of nitrogens with zero attached hydrogens (tertiary/aromatic N) is 2. The van der Waals surface area contributed by atoms with E-state index in [4.69, 9.17) is 4.74 Å². The van der Waals surface area contributed by atoms with Gasteiger partial charge in [-0.3, -0.25) is 24.1 Å². The standard InChI is InChI=1S/C26H24N2O5/c1-16-7-12-21-22(13-16)25(31)28(24(21)30)19-8-10-20(11-9-19)33-26(32)17-14-23(29)27(15-17)18-5-3-2-4-6-18/h2-11,17,21-22H,12-15H2,1H3/t17-,21-,22+/m0/s1. The number of fused-ring (bicyclic) bond motifs is 1. The molecule has 0 radical (unpaired) electrons. The molecule has 2 heterocycles. The van der Waals surface area contributed by atoms with Gasteiger partial charge in [0.1, 0.15) is 5.75 Å². The Bertz CT molecular complexity index is 1150. The lowest BCUT2D eigenvalue weighted by Crippen LogP contribution is -2.30. The van der Waals surface area contributed by atoms with Crippen LogP contribution in [0.5, 0.6) is 5.75 Å². The number of carbonyl (C=O) groups is 4. The number of rotatable bonds is 4. The molecule has 2 aromatic rings. The molecule has 5 rings (SSSR count). The van der Waals surface area contributed by atoms with E-state index in [2.05, 4.69) is 0 Å². The smallest absolute Gasteiger partial charge is 0.316 e. The Morgan fingerprint density at radius 3 is 2.30 bits per heavy atom. The minimum absolute atomic E-state index is 0.0961. The fourth-order valence-corrected chi connectivity index (χ4v) is 4.88. The summed E-state index contributed by atoms with van der Waals surface area (Å²) in [5.74, 6) is -1.79. The number of allylic oxidation sites excluding steroid dienone is 2. The van der Waals surface area contributed by atoms with E-state index in [9.17, 15) is 19.2 Å². The number of hydrogen-bond donors (Lipinski definition) is 0. The molecule has 0 saturated carbocycles. The van der Waals surface area contributed by atoms with E-state index in [-0.39, 0.29) is 42.5 Å². The Labute approximate surface area is 191 Å². The van der Waals surface area contributed by atoms with Crippen LogP contribution >= 0.6 is 0 Å². The van der Waals surface area contributed by atoms with E-state index < -0.39 is 11.9 Å². The van der Waals surface area contributed by atoms with Crippen LogP contribution in [0.3, 0.4) is 0 Å². The second-order valence-electron chi connectivity index (χ2n) is 8.87. The summed E-state index contributed by atoms with van der Waals surface area (Å²) in [6.45, 7) is 2.25. The Morgan fingerprint density at radius 1 is 0.879 bits per heavy atom. The highest BCUT2D eigenvalue weighted by molar-refractivity contribution is 6.22. The maximum absolute atomic E-state index is 12.9. The van der Waals surface area contributed by atoms with E-state index >= 15 is 0 Å². The van der Waals surface area contributed by atoms with Crippen molar-refractivity contribution >= 4 is 35.1 Å². The number of amides is 3. The predicted octanol–water partition coefficient (Wildman–Crippen LogP) is 3.49. The lowest BCUT2D eigenvalue weighted by Gasteiger charge is -2.18. The van der Waals surface area contributed by atoms with Gasteiger partial charge in [-0.25, -0.2) is 0 Å². The lowest BCUT2D eigenvalue weighted by molar-refractivity contribution is -0.139. The molecule has 7 nitrogen and oxygen atoms in total. The molecule has 3 amide bonds. The number of para-hydroxylation sites is 1. The maximum Gasteiger partial charge on any atom is 0.316 e. The fraction of sp³-hybridized carbons (Fsp3) is 0.308. The average molecular weight is 444 g/mol. The molecule has 0 aromatic heterocycles. The van der Waals surface area contributed by atoms with Crippen molar-refractivity contribution in [2.75, 3.05) is 16.3 Å². The maximum atomic E-state index is 12.9. The molecule has 168 valence electrons. The van der Waals surface area contributed by atoms with Gasteiger partial charge in [-0.15, -0.1) is 0 Å². The number of imide groups is 1. The quantitative estimate of drug-likeness (QED) is 0.312. The average Bonchev–Trinajstić information content (AvgIpc) is 3.32. The van der Waals surface area contributed by atoms with Gasteiger partial charge in [0.25, 0.3) is 0 Å². The van der Waals surface area contributed by atoms with Crippen molar-refractivity contribution in [1.82, 2.24) is 0 Å². The topological polar surface area (TPSA) is 84.0 Å². The Balaban J connectivity index is 1.24. The zero-order valence-corrected chi connectivity index (χ0v) is 18.3. The third-order valence-electron chi connectivity index (χ3n) is 6.66. The zero-order valence-electron chi connectivity index (χ0n) is 18.3. The first kappa shape index (κ1) is 21.1. The SMILES string of the molecule is CC1=CC[C@@H]2C(=O)N(c3ccc(OC(=O)[C@H]4CC(=O)N(c5ccccc5)C4)cc3)C(=O)[C@@H]2C1. The summed E-state index contributed by atoms with van der Waals surface area (Å²) in [5.41, 5.74) is 2.37. The molecule has 0 bridgehead atoms. The highest BCUT2D eigenvalue weighted by atomic mass is 16.5. The van der Waals surface area contributed by atoms with Crippen molar-refractivity contribution in [2.24, 2.45) is 17.8 Å². The molecule has 2 aromatic carbocycles. The summed E-state index contributed by atoms with van der Waals surface area (Å²) in [5, 5.41) is 0. The normalized spacial score (nSPS) is 24.7. The largest absolute Gasteiger partial charge is 0.426 e. The molecule has 0 spiro atoms. The van der Waals surface area contributed by atoms with E-state index in [1.165, 1.54) is 4.90 Å². The summed E-state index contributed by atoms with van der Waals surface area (Å²) in [4.78, 5) is 53.6. The second kappa shape index (κ2) is 8.31. The molecule has 2 saturated heterocycles. The summed E-state index contributed by atoms with van der Waals surface area (Å²) in [7, 11) is 0. The predicted molar refractivity (Wildman–Crippen MR) is 121 cm³/mol. The van der Waals surface area contributed by atoms with Crippen LogP contribution in [0.4, 0.5) is 11.4 Å². The number of benzene rings is 2. The minimum Gasteiger partial charge on any atom is -0.426 e. The Hall–Kier alpha value is -3.74. The van der Waals surface area contributed by atoms with Gasteiger partial charge in [0.05, 0.1) is 23.4 Å². The van der Waals surface area contributed by atoms with Crippen molar-refractivity contribution < 1.29 is 23.9 Å². The van der Waals surface area contributed by atoms with Gasteiger partial charge in [0.15, 0.2) is 0 Å². The molecule has 33 heavy (non-hydrogen) atoms. The van der Waals surface area contributed by atoms with E-state index in [0.717, 1.165) is 11.3 Å². The monoisotopic (exact) mass is 444 g/mol. The molecule has 2 aliphatic heterocycles. The Kier molecular flexibility index (Phi) is 5.32. The van der Waals surface area contributed by atoms with Crippen molar-refractivity contribution in [1.29, 1.82) is 0 Å². The van der Waals surface area contributed by atoms with Crippen molar-refractivity contribution in [3.8, 4) is 5.75 Å². The first-order chi connectivity index (χ1) is 15.9. The molecule has 0 N–H and O–H groups in total. The van der Waals surface area contributed by atoms with Crippen LogP contribution in [-0.2, 0) is 19.2 Å². The van der Waals surface area contributed by atoms with Crippen molar-refractivity contribution in [2.45, 2.75) is 26.2 Å². The van der Waals surface area contributed by atoms with Gasteiger partial charge in [-0.2, -0.15) is 0 Å². The number of esters is 1. The van der Waals surface area contributed by atoms with Crippen molar-refractivity contribution in [3.05, 3.63) is 66.2 Å². The minimum atomic E-state index is -0.557. The van der Waals surface area contributed by atoms with Gasteiger partial charge in [-0.1, -0.05) is 29.8 Å². The van der Waals surface area contributed by atoms with Gasteiger partial charge in [0.2, 0.25) is 17.7 Å². The lowest BCUT2D eigenvalue weighted by atomic mass is 9.82. The number of hydrogen-bond acceptors (Lipinski definition) is 5. The van der Waals surface area contributed by atoms with E-state index in [1.54, 1.807) is 29.2 Å². The van der Waals surface area contributed by atoms with Gasteiger partial charge < -0.3 is 9.64 Å². The third kappa shape index (κ3) is 3.84. The van der Waals surface area contributed by atoms with Crippen LogP contribution in [0.25, 0.3) is 0 Å². The molecule has 0 unspecified atom stereocenters. The summed E-state index contributed by atoms with van der Waals surface area (Å²) in [6.07, 6.45) is 3.33. The van der Waals surface area contributed by atoms with Crippen LogP contribution in [0.2, 0.25) is 0 Å². The van der Waals surface area contributed by atoms with Crippen LogP contribution in [-0.4, -0.2) is 30.2 Å². The Morgan fingerprint density at radius 2 is 1.58 bits per heavy atom. The highest BCUT2D eigenvalue weighted by Crippen LogP contribution is 2.40. The van der Waals surface area contributed by atoms with E-state index in [1.807, 2.05) is 43.3 Å². The summed E-state index contributed by atoms with van der Waals surface area (Å²) < 4.78 is 5.50. The molecule has 3 atom stereocenters. The summed E-state index contributed by atoms with van der Waals surface area (Å²) in [6, 6.07) is 15.6. The molecule has 1 aliphatic carbocycles. The van der Waals surface area contributed by atoms with Crippen LogP contribution < -0.4 is 14.5 Å². The number of carbonyl (C=O) groups excluding carboxylic acids is 4. The fourth-order valence-electron chi connectivity index (χ4n) is 4.88. The summed E-state index contributed by atoms with van der Waals surface area (Å²) >= 11 is 0. The molecule has 7 heteroatoms. The molecule has 2 fully saturated rings. The van der Waals surface area contributed by atoms with Gasteiger partial charge in [-0.05, 0) is 56.2 Å². The first-order valence-corrected chi connectivity index (χ1v) is 11.1. The molecule has 3 aliphatic rings. The van der Waals surface area contributed by atoms with Crippen LogP contribution in [0.15, 0.2) is 66.2 Å². The van der Waals surface area contributed by atoms with Crippen LogP contribution in [0.1, 0.15) is 26.2 Å². The van der Waals surface area contributed by atoms with Crippen LogP contribution in [0, 0.1) is 17.8 Å². The number of anilines is 2. The molecular weight excluding hydrogens is 420 g/mol.